The monoisotopic (exact) mass is 314 g/mol. The van der Waals surface area contributed by atoms with E-state index >= 15 is 0 Å². The Morgan fingerprint density at radius 3 is 1.91 bits per heavy atom. The van der Waals surface area contributed by atoms with Crippen LogP contribution in [-0.2, 0) is 16.0 Å². The van der Waals surface area contributed by atoms with Crippen molar-refractivity contribution in [3.8, 4) is 17.2 Å². The molecular formula is C18H18O5. The van der Waals surface area contributed by atoms with Crippen molar-refractivity contribution in [3.63, 3.8) is 0 Å². The van der Waals surface area contributed by atoms with Gasteiger partial charge < -0.3 is 14.6 Å². The van der Waals surface area contributed by atoms with Crippen LogP contribution in [0.5, 0.6) is 17.2 Å². The fraction of sp³-hybridized carbons (Fsp3) is 0.222. The largest absolute Gasteiger partial charge is 0.481 e. The SMILES string of the molecule is CC(=O)Oc1ccc(Oc2ccc(C[C@H](C)C(=O)O)cc2)cc1. The number of esters is 1. The van der Waals surface area contributed by atoms with Gasteiger partial charge in [0.2, 0.25) is 0 Å². The van der Waals surface area contributed by atoms with Crippen molar-refractivity contribution in [1.29, 1.82) is 0 Å². The minimum absolute atomic E-state index is 0.371. The van der Waals surface area contributed by atoms with Gasteiger partial charge in [-0.25, -0.2) is 0 Å². The van der Waals surface area contributed by atoms with Crippen molar-refractivity contribution in [2.75, 3.05) is 0 Å². The van der Waals surface area contributed by atoms with E-state index in [0.717, 1.165) is 5.56 Å². The molecule has 0 bridgehead atoms. The van der Waals surface area contributed by atoms with Gasteiger partial charge in [0, 0.05) is 6.92 Å². The van der Waals surface area contributed by atoms with Crippen LogP contribution in [0.1, 0.15) is 19.4 Å². The summed E-state index contributed by atoms with van der Waals surface area (Å²) in [5.74, 6) is 0.131. The summed E-state index contributed by atoms with van der Waals surface area (Å²) < 4.78 is 10.6. The number of carboxylic acids is 1. The number of rotatable bonds is 6. The van der Waals surface area contributed by atoms with Crippen molar-refractivity contribution in [1.82, 2.24) is 0 Å². The van der Waals surface area contributed by atoms with Gasteiger partial charge in [-0.1, -0.05) is 19.1 Å². The van der Waals surface area contributed by atoms with Crippen LogP contribution in [0.3, 0.4) is 0 Å². The molecule has 0 aliphatic carbocycles. The highest BCUT2D eigenvalue weighted by Crippen LogP contribution is 2.24. The number of carboxylic acid groups (broad SMARTS) is 1. The maximum atomic E-state index is 10.9. The smallest absolute Gasteiger partial charge is 0.308 e. The molecule has 2 aromatic carbocycles. The number of aliphatic carboxylic acids is 1. The van der Waals surface area contributed by atoms with Crippen LogP contribution in [0.25, 0.3) is 0 Å². The average molecular weight is 314 g/mol. The molecule has 2 rings (SSSR count). The van der Waals surface area contributed by atoms with E-state index < -0.39 is 11.9 Å². The van der Waals surface area contributed by atoms with E-state index in [4.69, 9.17) is 14.6 Å². The zero-order valence-corrected chi connectivity index (χ0v) is 13.0. The van der Waals surface area contributed by atoms with Gasteiger partial charge in [0.15, 0.2) is 0 Å². The van der Waals surface area contributed by atoms with Gasteiger partial charge in [0.25, 0.3) is 0 Å². The molecule has 5 heteroatoms. The fourth-order valence-corrected chi connectivity index (χ4v) is 2.01. The molecule has 0 radical (unpaired) electrons. The van der Waals surface area contributed by atoms with Gasteiger partial charge in [-0.05, 0) is 48.4 Å². The van der Waals surface area contributed by atoms with E-state index in [-0.39, 0.29) is 5.97 Å². The zero-order chi connectivity index (χ0) is 16.8. The lowest BCUT2D eigenvalue weighted by Gasteiger charge is -2.09. The number of benzene rings is 2. The first-order valence-corrected chi connectivity index (χ1v) is 7.22. The van der Waals surface area contributed by atoms with E-state index in [1.807, 2.05) is 12.1 Å². The van der Waals surface area contributed by atoms with Crippen LogP contribution in [0.2, 0.25) is 0 Å². The summed E-state index contributed by atoms with van der Waals surface area (Å²) in [4.78, 5) is 21.7. The Morgan fingerprint density at radius 1 is 0.957 bits per heavy atom. The van der Waals surface area contributed by atoms with Crippen molar-refractivity contribution in [3.05, 3.63) is 54.1 Å². The van der Waals surface area contributed by atoms with Gasteiger partial charge in [-0.15, -0.1) is 0 Å². The minimum Gasteiger partial charge on any atom is -0.481 e. The molecule has 0 aromatic heterocycles. The molecule has 0 unspecified atom stereocenters. The molecule has 2 aromatic rings. The van der Waals surface area contributed by atoms with Crippen LogP contribution < -0.4 is 9.47 Å². The molecule has 0 amide bonds. The third-order valence-corrected chi connectivity index (χ3v) is 3.21. The second kappa shape index (κ2) is 7.45. The molecule has 1 N–H and O–H groups in total. The zero-order valence-electron chi connectivity index (χ0n) is 13.0. The molecule has 5 nitrogen and oxygen atoms in total. The molecule has 0 saturated carbocycles. The van der Waals surface area contributed by atoms with E-state index in [2.05, 4.69) is 0 Å². The summed E-state index contributed by atoms with van der Waals surface area (Å²) in [5.41, 5.74) is 0.942. The number of ether oxygens (including phenoxy) is 2. The van der Waals surface area contributed by atoms with Gasteiger partial charge in [0.05, 0.1) is 5.92 Å². The Morgan fingerprint density at radius 2 is 1.43 bits per heavy atom. The van der Waals surface area contributed by atoms with Gasteiger partial charge in [-0.2, -0.15) is 0 Å². The molecule has 0 aliphatic heterocycles. The Bertz CT molecular complexity index is 674. The third-order valence-electron chi connectivity index (χ3n) is 3.21. The molecule has 0 aliphatic rings. The van der Waals surface area contributed by atoms with Gasteiger partial charge in [-0.3, -0.25) is 9.59 Å². The van der Waals surface area contributed by atoms with Crippen molar-refractivity contribution in [2.45, 2.75) is 20.3 Å². The van der Waals surface area contributed by atoms with Gasteiger partial charge in [0.1, 0.15) is 17.2 Å². The lowest BCUT2D eigenvalue weighted by atomic mass is 10.0. The molecule has 0 spiro atoms. The van der Waals surface area contributed by atoms with Crippen molar-refractivity contribution >= 4 is 11.9 Å². The maximum Gasteiger partial charge on any atom is 0.308 e. The fourth-order valence-electron chi connectivity index (χ4n) is 2.01. The molecule has 0 saturated heterocycles. The first-order chi connectivity index (χ1) is 10.9. The van der Waals surface area contributed by atoms with Crippen LogP contribution in [0.4, 0.5) is 0 Å². The number of carbonyl (C=O) groups is 2. The number of carbonyl (C=O) groups excluding carboxylic acids is 1. The topological polar surface area (TPSA) is 72.8 Å². The average Bonchev–Trinajstić information content (AvgIpc) is 2.50. The normalized spacial score (nSPS) is 11.6. The summed E-state index contributed by atoms with van der Waals surface area (Å²) in [5, 5.41) is 8.91. The predicted molar refractivity (Wildman–Crippen MR) is 84.8 cm³/mol. The lowest BCUT2D eigenvalue weighted by molar-refractivity contribution is -0.141. The maximum absolute atomic E-state index is 10.9. The van der Waals surface area contributed by atoms with E-state index in [1.165, 1.54) is 6.92 Å². The molecule has 120 valence electrons. The Balaban J connectivity index is 1.97. The second-order valence-electron chi connectivity index (χ2n) is 5.25. The van der Waals surface area contributed by atoms with Crippen LogP contribution in [-0.4, -0.2) is 17.0 Å². The van der Waals surface area contributed by atoms with E-state index in [0.29, 0.717) is 23.7 Å². The highest BCUT2D eigenvalue weighted by Gasteiger charge is 2.11. The molecule has 23 heavy (non-hydrogen) atoms. The minimum atomic E-state index is -0.807. The molecule has 1 atom stereocenters. The highest BCUT2D eigenvalue weighted by atomic mass is 16.5. The predicted octanol–water partition coefficient (Wildman–Crippen LogP) is 3.67. The first kappa shape index (κ1) is 16.5. The number of hydrogen-bond donors (Lipinski definition) is 1. The first-order valence-electron chi connectivity index (χ1n) is 7.22. The van der Waals surface area contributed by atoms with Crippen LogP contribution in [0, 0.1) is 5.92 Å². The summed E-state index contributed by atoms with van der Waals surface area (Å²) in [6.45, 7) is 3.02. The third kappa shape index (κ3) is 5.14. The molecule has 0 fully saturated rings. The van der Waals surface area contributed by atoms with Gasteiger partial charge >= 0.3 is 11.9 Å². The van der Waals surface area contributed by atoms with E-state index in [9.17, 15) is 9.59 Å². The van der Waals surface area contributed by atoms with Crippen molar-refractivity contribution in [2.24, 2.45) is 5.92 Å². The number of hydrogen-bond acceptors (Lipinski definition) is 4. The Hall–Kier alpha value is -2.82. The van der Waals surface area contributed by atoms with E-state index in [1.54, 1.807) is 43.3 Å². The van der Waals surface area contributed by atoms with Crippen LogP contribution >= 0.6 is 0 Å². The molecular weight excluding hydrogens is 296 g/mol. The second-order valence-corrected chi connectivity index (χ2v) is 5.25. The summed E-state index contributed by atoms with van der Waals surface area (Å²) in [6.07, 6.45) is 0.479. The summed E-state index contributed by atoms with van der Waals surface area (Å²) in [6, 6.07) is 14.0. The van der Waals surface area contributed by atoms with Crippen LogP contribution in [0.15, 0.2) is 48.5 Å². The summed E-state index contributed by atoms with van der Waals surface area (Å²) in [7, 11) is 0. The lowest BCUT2D eigenvalue weighted by Crippen LogP contribution is -2.12. The quantitative estimate of drug-likeness (QED) is 0.650. The molecule has 0 heterocycles. The summed E-state index contributed by atoms with van der Waals surface area (Å²) >= 11 is 0. The standard InChI is InChI=1S/C18H18O5/c1-12(18(20)21)11-14-3-5-16(6-4-14)23-17-9-7-15(8-10-17)22-13(2)19/h3-10,12H,11H2,1-2H3,(H,20,21)/t12-/m0/s1. The van der Waals surface area contributed by atoms with Crippen molar-refractivity contribution < 1.29 is 24.2 Å². The Labute approximate surface area is 134 Å². The Kier molecular flexibility index (Phi) is 5.36. The highest BCUT2D eigenvalue weighted by molar-refractivity contribution is 5.70.